The molecule has 0 aliphatic carbocycles. The number of hydrogen-bond donors (Lipinski definition) is 2. The summed E-state index contributed by atoms with van der Waals surface area (Å²) in [6, 6.07) is 2.82. The van der Waals surface area contributed by atoms with Gasteiger partial charge in [-0.2, -0.15) is 0 Å². The first-order valence-electron chi connectivity index (χ1n) is 6.16. The molecule has 0 aliphatic rings. The molecule has 112 valence electrons. The van der Waals surface area contributed by atoms with E-state index in [9.17, 15) is 13.6 Å². The van der Waals surface area contributed by atoms with Crippen LogP contribution in [0, 0.1) is 11.6 Å². The fourth-order valence-corrected chi connectivity index (χ4v) is 2.46. The number of nitrogen functional groups attached to an aromatic ring is 1. The van der Waals surface area contributed by atoms with E-state index in [1.54, 1.807) is 0 Å². The third-order valence-electron chi connectivity index (χ3n) is 2.83. The van der Waals surface area contributed by atoms with Gasteiger partial charge in [-0.15, -0.1) is 0 Å². The monoisotopic (exact) mass is 312 g/mol. The second kappa shape index (κ2) is 6.04. The minimum Gasteiger partial charge on any atom is -0.382 e. The van der Waals surface area contributed by atoms with Gasteiger partial charge >= 0.3 is 0 Å². The lowest BCUT2D eigenvalue weighted by Crippen LogP contribution is -2.15. The highest BCUT2D eigenvalue weighted by molar-refractivity contribution is 7.18. The van der Waals surface area contributed by atoms with Crippen LogP contribution in [0.4, 0.5) is 25.4 Å². The zero-order chi connectivity index (χ0) is 15.6. The molecule has 0 fully saturated rings. The topological polar surface area (TPSA) is 71.2 Å². The number of benzene rings is 1. The fourth-order valence-electron chi connectivity index (χ4n) is 1.55. The Kier molecular flexibility index (Phi) is 4.37. The summed E-state index contributed by atoms with van der Waals surface area (Å²) in [7, 11) is 1.81. The molecule has 0 aliphatic heterocycles. The Labute approximate surface area is 124 Å². The molecule has 3 N–H and O–H groups in total. The van der Waals surface area contributed by atoms with E-state index in [2.05, 4.69) is 10.3 Å². The van der Waals surface area contributed by atoms with Crippen LogP contribution < -0.4 is 16.0 Å². The summed E-state index contributed by atoms with van der Waals surface area (Å²) in [4.78, 5) is 18.2. The number of aromatic nitrogens is 1. The Morgan fingerprint density at radius 1 is 1.48 bits per heavy atom. The molecule has 0 saturated heterocycles. The lowest BCUT2D eigenvalue weighted by Gasteiger charge is -2.10. The molecule has 0 atom stereocenters. The number of nitrogens with zero attached hydrogens (tertiary/aromatic N) is 2. The number of nitrogens with one attached hydrogen (secondary N) is 1. The molecule has 21 heavy (non-hydrogen) atoms. The number of carbonyl (C=O) groups excluding carboxylic acids is 1. The van der Waals surface area contributed by atoms with E-state index in [-0.39, 0.29) is 16.4 Å². The first kappa shape index (κ1) is 15.2. The smallest absolute Gasteiger partial charge is 0.269 e. The van der Waals surface area contributed by atoms with E-state index < -0.39 is 17.5 Å². The summed E-state index contributed by atoms with van der Waals surface area (Å²) in [6.45, 7) is 2.63. The number of halogens is 2. The lowest BCUT2D eigenvalue weighted by molar-refractivity contribution is 0.103. The Morgan fingerprint density at radius 2 is 2.19 bits per heavy atom. The van der Waals surface area contributed by atoms with Gasteiger partial charge in [0, 0.05) is 19.7 Å². The average Bonchev–Trinajstić information content (AvgIpc) is 2.84. The maximum atomic E-state index is 13.5. The first-order valence-corrected chi connectivity index (χ1v) is 6.97. The van der Waals surface area contributed by atoms with E-state index in [0.717, 1.165) is 29.5 Å². The van der Waals surface area contributed by atoms with Crippen molar-refractivity contribution in [3.63, 3.8) is 0 Å². The van der Waals surface area contributed by atoms with E-state index in [1.165, 1.54) is 0 Å². The van der Waals surface area contributed by atoms with Gasteiger partial charge in [-0.1, -0.05) is 11.3 Å². The molecule has 1 amide bonds. The van der Waals surface area contributed by atoms with Crippen molar-refractivity contribution in [2.45, 2.75) is 6.92 Å². The normalized spacial score (nSPS) is 10.5. The molecule has 0 bridgehead atoms. The highest BCUT2D eigenvalue weighted by Gasteiger charge is 2.19. The van der Waals surface area contributed by atoms with Gasteiger partial charge in [-0.25, -0.2) is 13.8 Å². The molecular formula is C13H14F2N4OS. The second-order valence-corrected chi connectivity index (χ2v) is 5.28. The van der Waals surface area contributed by atoms with Gasteiger partial charge in [0.05, 0.1) is 5.69 Å². The van der Waals surface area contributed by atoms with Crippen LogP contribution in [-0.2, 0) is 0 Å². The van der Waals surface area contributed by atoms with Gasteiger partial charge in [0.1, 0.15) is 22.3 Å². The Hall–Kier alpha value is -2.22. The zero-order valence-electron chi connectivity index (χ0n) is 11.5. The van der Waals surface area contributed by atoms with Crippen molar-refractivity contribution >= 4 is 33.9 Å². The molecular weight excluding hydrogens is 298 g/mol. The number of thiazole rings is 1. The van der Waals surface area contributed by atoms with Crippen LogP contribution in [0.25, 0.3) is 0 Å². The third kappa shape index (κ3) is 3.27. The van der Waals surface area contributed by atoms with Crippen molar-refractivity contribution in [3.8, 4) is 0 Å². The number of nitrogens with two attached hydrogens (primary N) is 1. The van der Waals surface area contributed by atoms with Crippen LogP contribution in [0.1, 0.15) is 16.6 Å². The summed E-state index contributed by atoms with van der Waals surface area (Å²) in [5.74, 6) is -1.93. The van der Waals surface area contributed by atoms with Crippen LogP contribution >= 0.6 is 11.3 Å². The standard InChI is InChI=1S/C13H14F2N4OS/c1-3-19(2)13-18-11(16)10(21-13)12(20)17-9-6-7(14)4-5-8(9)15/h4-6H,3,16H2,1-2H3,(H,17,20). The minimum absolute atomic E-state index is 0.0598. The van der Waals surface area contributed by atoms with Crippen LogP contribution in [0.2, 0.25) is 0 Å². The Bertz CT molecular complexity index is 674. The minimum atomic E-state index is -0.723. The summed E-state index contributed by atoms with van der Waals surface area (Å²) >= 11 is 1.09. The van der Waals surface area contributed by atoms with Crippen molar-refractivity contribution in [2.24, 2.45) is 0 Å². The molecule has 8 heteroatoms. The SMILES string of the molecule is CCN(C)c1nc(N)c(C(=O)Nc2cc(F)ccc2F)s1. The van der Waals surface area contributed by atoms with Crippen LogP contribution in [0.15, 0.2) is 18.2 Å². The molecule has 0 unspecified atom stereocenters. The highest BCUT2D eigenvalue weighted by atomic mass is 32.1. The second-order valence-electron chi connectivity index (χ2n) is 4.30. The number of carbonyl (C=O) groups is 1. The largest absolute Gasteiger partial charge is 0.382 e. The molecule has 0 spiro atoms. The first-order chi connectivity index (χ1) is 9.92. The van der Waals surface area contributed by atoms with Gasteiger partial charge in [0.25, 0.3) is 5.91 Å². The predicted molar refractivity (Wildman–Crippen MR) is 79.8 cm³/mol. The molecule has 1 aromatic heterocycles. The maximum absolute atomic E-state index is 13.5. The third-order valence-corrected chi connectivity index (χ3v) is 4.01. The maximum Gasteiger partial charge on any atom is 0.269 e. The van der Waals surface area contributed by atoms with Crippen molar-refractivity contribution in [3.05, 3.63) is 34.7 Å². The Morgan fingerprint density at radius 3 is 2.86 bits per heavy atom. The molecule has 1 aromatic carbocycles. The molecule has 5 nitrogen and oxygen atoms in total. The summed E-state index contributed by atoms with van der Waals surface area (Å²) in [5.41, 5.74) is 5.46. The molecule has 0 saturated carbocycles. The zero-order valence-corrected chi connectivity index (χ0v) is 12.3. The number of hydrogen-bond acceptors (Lipinski definition) is 5. The molecule has 2 aromatic rings. The Balaban J connectivity index is 2.24. The molecule has 1 heterocycles. The van der Waals surface area contributed by atoms with E-state index >= 15 is 0 Å². The van der Waals surface area contributed by atoms with E-state index in [0.29, 0.717) is 11.7 Å². The van der Waals surface area contributed by atoms with Crippen molar-refractivity contribution in [1.82, 2.24) is 4.98 Å². The highest BCUT2D eigenvalue weighted by Crippen LogP contribution is 2.28. The number of anilines is 3. The van der Waals surface area contributed by atoms with E-state index in [4.69, 9.17) is 5.73 Å². The van der Waals surface area contributed by atoms with Crippen molar-refractivity contribution < 1.29 is 13.6 Å². The summed E-state index contributed by atoms with van der Waals surface area (Å²) in [5, 5.41) is 2.88. The number of amides is 1. The van der Waals surface area contributed by atoms with Crippen LogP contribution in [0.3, 0.4) is 0 Å². The van der Waals surface area contributed by atoms with Gasteiger partial charge in [0.2, 0.25) is 0 Å². The van der Waals surface area contributed by atoms with Gasteiger partial charge < -0.3 is 16.0 Å². The summed E-state index contributed by atoms with van der Waals surface area (Å²) < 4.78 is 26.6. The molecule has 2 rings (SSSR count). The average molecular weight is 312 g/mol. The van der Waals surface area contributed by atoms with Gasteiger partial charge in [-0.05, 0) is 19.1 Å². The fraction of sp³-hybridized carbons (Fsp3) is 0.231. The molecule has 0 radical (unpaired) electrons. The van der Waals surface area contributed by atoms with Crippen molar-refractivity contribution in [1.29, 1.82) is 0 Å². The quantitative estimate of drug-likeness (QED) is 0.910. The number of rotatable bonds is 4. The van der Waals surface area contributed by atoms with Crippen LogP contribution in [0.5, 0.6) is 0 Å². The van der Waals surface area contributed by atoms with Gasteiger partial charge in [-0.3, -0.25) is 4.79 Å². The lowest BCUT2D eigenvalue weighted by atomic mass is 10.3. The van der Waals surface area contributed by atoms with Crippen molar-refractivity contribution in [2.75, 3.05) is 29.5 Å². The van der Waals surface area contributed by atoms with Crippen LogP contribution in [-0.4, -0.2) is 24.5 Å². The summed E-state index contributed by atoms with van der Waals surface area (Å²) in [6.07, 6.45) is 0. The predicted octanol–water partition coefficient (Wildman–Crippen LogP) is 2.71. The van der Waals surface area contributed by atoms with E-state index in [1.807, 2.05) is 18.9 Å². The van der Waals surface area contributed by atoms with Gasteiger partial charge in [0.15, 0.2) is 5.13 Å².